The molecule has 1 aromatic carbocycles. The molecule has 1 fully saturated rings. The number of phenols is 1. The number of amides is 2. The van der Waals surface area contributed by atoms with E-state index in [0.717, 1.165) is 18.5 Å². The summed E-state index contributed by atoms with van der Waals surface area (Å²) in [5.74, 6) is 0.704. The minimum atomic E-state index is -0.417. The summed E-state index contributed by atoms with van der Waals surface area (Å²) in [6.45, 7) is 7.27. The average Bonchev–Trinajstić information content (AvgIpc) is 3.45. The highest BCUT2D eigenvalue weighted by atomic mass is 16.6. The van der Waals surface area contributed by atoms with Crippen molar-refractivity contribution in [1.82, 2.24) is 15.5 Å². The number of rotatable bonds is 10. The number of methoxy groups -OCH3 is 1. The third-order valence-electron chi connectivity index (χ3n) is 5.56. The number of ether oxygens (including phenoxy) is 3. The lowest BCUT2D eigenvalue weighted by Gasteiger charge is -2.14. The van der Waals surface area contributed by atoms with Crippen molar-refractivity contribution in [1.29, 1.82) is 0 Å². The van der Waals surface area contributed by atoms with Crippen LogP contribution < -0.4 is 20.1 Å². The van der Waals surface area contributed by atoms with Crippen LogP contribution in [-0.4, -0.2) is 65.4 Å². The van der Waals surface area contributed by atoms with Gasteiger partial charge >= 0.3 is 6.09 Å². The van der Waals surface area contributed by atoms with Crippen molar-refractivity contribution in [2.45, 2.75) is 71.1 Å². The van der Waals surface area contributed by atoms with Crippen LogP contribution in [0.4, 0.5) is 10.6 Å². The predicted molar refractivity (Wildman–Crippen MR) is 135 cm³/mol. The quantitative estimate of drug-likeness (QED) is 0.363. The number of anilines is 1. The van der Waals surface area contributed by atoms with Crippen LogP contribution in [0, 0.1) is 0 Å². The monoisotopic (exact) mass is 501 g/mol. The molecule has 0 bridgehead atoms. The lowest BCUT2D eigenvalue weighted by Crippen LogP contribution is -2.33. The molecular weight excluding hydrogens is 466 g/mol. The Kier molecular flexibility index (Phi) is 9.15. The van der Waals surface area contributed by atoms with Gasteiger partial charge in [0.1, 0.15) is 23.4 Å². The molecule has 196 valence electrons. The van der Waals surface area contributed by atoms with Gasteiger partial charge in [0.25, 0.3) is 5.91 Å². The first-order valence-corrected chi connectivity index (χ1v) is 12.0. The van der Waals surface area contributed by atoms with Crippen LogP contribution in [0.25, 0.3) is 0 Å². The van der Waals surface area contributed by atoms with E-state index in [1.54, 1.807) is 12.1 Å². The van der Waals surface area contributed by atoms with Gasteiger partial charge in [0.2, 0.25) is 0 Å². The van der Waals surface area contributed by atoms with E-state index in [2.05, 4.69) is 25.8 Å². The van der Waals surface area contributed by atoms with Crippen LogP contribution in [-0.2, 0) is 9.53 Å². The van der Waals surface area contributed by atoms with Crippen LogP contribution in [0.1, 0.15) is 64.1 Å². The summed E-state index contributed by atoms with van der Waals surface area (Å²) in [5.41, 5.74) is 1.23. The number of alkyl carbamates (subject to hydrolysis) is 1. The van der Waals surface area contributed by atoms with Crippen LogP contribution in [0.3, 0.4) is 0 Å². The SMILES string of the molecule is COc1cc(O)c(C=NC(C)C)c(OCC(=O)Nc2cc(C3CCC(OC(=O)NC(C)C)C3)[nH]n2)c1. The number of nitrogens with one attached hydrogen (secondary N) is 3. The molecule has 36 heavy (non-hydrogen) atoms. The lowest BCUT2D eigenvalue weighted by molar-refractivity contribution is -0.118. The van der Waals surface area contributed by atoms with Crippen molar-refractivity contribution in [2.24, 2.45) is 4.99 Å². The van der Waals surface area contributed by atoms with E-state index in [1.165, 1.54) is 19.4 Å². The number of aromatic nitrogens is 2. The number of aromatic amines is 1. The predicted octanol–water partition coefficient (Wildman–Crippen LogP) is 3.74. The third-order valence-corrected chi connectivity index (χ3v) is 5.56. The van der Waals surface area contributed by atoms with Gasteiger partial charge in [-0.1, -0.05) is 0 Å². The maximum Gasteiger partial charge on any atom is 0.407 e. The number of hydrogen-bond donors (Lipinski definition) is 4. The van der Waals surface area contributed by atoms with Crippen LogP contribution in [0.15, 0.2) is 23.2 Å². The summed E-state index contributed by atoms with van der Waals surface area (Å²) in [7, 11) is 1.47. The van der Waals surface area contributed by atoms with E-state index in [-0.39, 0.29) is 42.2 Å². The topological polar surface area (TPSA) is 147 Å². The Labute approximate surface area is 210 Å². The molecule has 2 amide bonds. The number of carbonyl (C=O) groups excluding carboxylic acids is 2. The number of carbonyl (C=O) groups is 2. The van der Waals surface area contributed by atoms with Gasteiger partial charge < -0.3 is 30.0 Å². The van der Waals surface area contributed by atoms with E-state index in [9.17, 15) is 14.7 Å². The van der Waals surface area contributed by atoms with E-state index in [1.807, 2.05) is 27.7 Å². The number of benzene rings is 1. The van der Waals surface area contributed by atoms with E-state index < -0.39 is 12.0 Å². The number of phenolic OH excluding ortho intramolecular Hbond substituents is 1. The Hall–Kier alpha value is -3.76. The molecule has 2 aromatic rings. The molecule has 3 rings (SSSR count). The Morgan fingerprint density at radius 1 is 1.25 bits per heavy atom. The fourth-order valence-corrected chi connectivity index (χ4v) is 3.86. The summed E-state index contributed by atoms with van der Waals surface area (Å²) < 4.78 is 16.3. The summed E-state index contributed by atoms with van der Waals surface area (Å²) in [4.78, 5) is 28.6. The van der Waals surface area contributed by atoms with Crippen molar-refractivity contribution in [3.63, 3.8) is 0 Å². The fraction of sp³-hybridized carbons (Fsp3) is 0.520. The van der Waals surface area contributed by atoms with E-state index >= 15 is 0 Å². The van der Waals surface area contributed by atoms with Gasteiger partial charge in [-0.15, -0.1) is 0 Å². The molecule has 11 nitrogen and oxygen atoms in total. The molecule has 1 aromatic heterocycles. The first-order valence-electron chi connectivity index (χ1n) is 12.0. The molecule has 0 aliphatic heterocycles. The summed E-state index contributed by atoms with van der Waals surface area (Å²) in [5, 5.41) is 22.9. The minimum Gasteiger partial charge on any atom is -0.507 e. The largest absolute Gasteiger partial charge is 0.507 e. The zero-order valence-electron chi connectivity index (χ0n) is 21.3. The van der Waals surface area contributed by atoms with Crippen molar-refractivity contribution in [3.8, 4) is 17.2 Å². The van der Waals surface area contributed by atoms with Gasteiger partial charge in [-0.25, -0.2) is 4.79 Å². The molecule has 1 saturated carbocycles. The van der Waals surface area contributed by atoms with Gasteiger partial charge in [0.15, 0.2) is 12.4 Å². The molecule has 0 spiro atoms. The van der Waals surface area contributed by atoms with Crippen LogP contribution >= 0.6 is 0 Å². The highest BCUT2D eigenvalue weighted by molar-refractivity contribution is 5.92. The Bertz CT molecular complexity index is 1080. The third kappa shape index (κ3) is 7.62. The molecule has 0 saturated heterocycles. The first-order chi connectivity index (χ1) is 17.1. The van der Waals surface area contributed by atoms with Crippen molar-refractivity contribution in [2.75, 3.05) is 19.0 Å². The fourth-order valence-electron chi connectivity index (χ4n) is 3.86. The van der Waals surface area contributed by atoms with E-state index in [0.29, 0.717) is 23.6 Å². The van der Waals surface area contributed by atoms with Crippen molar-refractivity contribution < 1.29 is 28.9 Å². The van der Waals surface area contributed by atoms with Crippen molar-refractivity contribution >= 4 is 24.0 Å². The molecule has 0 radical (unpaired) electrons. The van der Waals surface area contributed by atoms with Gasteiger partial charge in [-0.2, -0.15) is 5.10 Å². The number of nitrogens with zero attached hydrogens (tertiary/aromatic N) is 2. The zero-order chi connectivity index (χ0) is 26.2. The number of H-pyrrole nitrogens is 1. The average molecular weight is 502 g/mol. The molecule has 1 heterocycles. The molecule has 4 N–H and O–H groups in total. The maximum absolute atomic E-state index is 12.5. The number of hydrogen-bond acceptors (Lipinski definition) is 8. The zero-order valence-corrected chi connectivity index (χ0v) is 21.3. The summed E-state index contributed by atoms with van der Waals surface area (Å²) >= 11 is 0. The second-order valence-corrected chi connectivity index (χ2v) is 9.31. The Balaban J connectivity index is 1.56. The molecule has 2 atom stereocenters. The normalized spacial score (nSPS) is 17.5. The van der Waals surface area contributed by atoms with Gasteiger partial charge in [-0.05, 0) is 47.0 Å². The smallest absolute Gasteiger partial charge is 0.407 e. The second-order valence-electron chi connectivity index (χ2n) is 9.31. The van der Waals surface area contributed by atoms with E-state index in [4.69, 9.17) is 14.2 Å². The second kappa shape index (κ2) is 12.3. The number of aromatic hydroxyl groups is 1. The molecule has 2 unspecified atom stereocenters. The van der Waals surface area contributed by atoms with Crippen molar-refractivity contribution in [3.05, 3.63) is 29.5 Å². The summed E-state index contributed by atoms with van der Waals surface area (Å²) in [6.07, 6.45) is 3.24. The van der Waals surface area contributed by atoms with Crippen LogP contribution in [0.2, 0.25) is 0 Å². The molecule has 11 heteroatoms. The van der Waals surface area contributed by atoms with Gasteiger partial charge in [0, 0.05) is 48.1 Å². The highest BCUT2D eigenvalue weighted by Crippen LogP contribution is 2.36. The molecule has 1 aliphatic carbocycles. The Morgan fingerprint density at radius 3 is 2.72 bits per heavy atom. The maximum atomic E-state index is 12.5. The lowest BCUT2D eigenvalue weighted by atomic mass is 10.0. The highest BCUT2D eigenvalue weighted by Gasteiger charge is 2.30. The number of aliphatic imine (C=N–C) groups is 1. The van der Waals surface area contributed by atoms with Crippen LogP contribution in [0.5, 0.6) is 17.2 Å². The standard InChI is InChI=1S/C25H35N5O6/c1-14(2)26-12-19-21(31)9-18(34-5)10-22(19)35-13-24(32)28-23-11-20(29-30-23)16-6-7-17(8-16)36-25(33)27-15(3)4/h9-12,14-17,31H,6-8,13H2,1-5H3,(H,27,33)(H2,28,29,30,32). The minimum absolute atomic E-state index is 0.0202. The summed E-state index contributed by atoms with van der Waals surface area (Å²) in [6, 6.07) is 4.86. The Morgan fingerprint density at radius 2 is 2.03 bits per heavy atom. The van der Waals surface area contributed by atoms with Gasteiger partial charge in [0.05, 0.1) is 12.7 Å². The first kappa shape index (κ1) is 26.8. The van der Waals surface area contributed by atoms with Gasteiger partial charge in [-0.3, -0.25) is 14.9 Å². The molecule has 1 aliphatic rings. The molecular formula is C25H35N5O6.